The van der Waals surface area contributed by atoms with Gasteiger partial charge in [-0.05, 0) is 47.9 Å². The molecule has 0 aliphatic heterocycles. The summed E-state index contributed by atoms with van der Waals surface area (Å²) in [7, 11) is 1.65. The first-order chi connectivity index (χ1) is 7.70. The Kier molecular flexibility index (Phi) is 2.82. The van der Waals surface area contributed by atoms with Gasteiger partial charge >= 0.3 is 0 Å². The monoisotopic (exact) mass is 214 g/mol. The molecular weight excluding hydrogens is 200 g/mol. The highest BCUT2D eigenvalue weighted by atomic mass is 16.5. The molecular formula is C14H14O2. The van der Waals surface area contributed by atoms with Crippen LogP contribution in [-0.2, 0) is 0 Å². The maximum atomic E-state index is 9.45. The van der Waals surface area contributed by atoms with Crippen molar-refractivity contribution in [3.8, 4) is 22.6 Å². The molecule has 0 saturated heterocycles. The molecule has 0 radical (unpaired) electrons. The molecule has 0 aliphatic carbocycles. The van der Waals surface area contributed by atoms with Crippen molar-refractivity contribution >= 4 is 0 Å². The van der Waals surface area contributed by atoms with Gasteiger partial charge in [0, 0.05) is 0 Å². The fourth-order valence-electron chi connectivity index (χ4n) is 1.62. The first-order valence-corrected chi connectivity index (χ1v) is 5.15. The van der Waals surface area contributed by atoms with Crippen LogP contribution in [0.15, 0.2) is 42.5 Å². The molecule has 0 bridgehead atoms. The minimum atomic E-state index is 0.331. The quantitative estimate of drug-likeness (QED) is 0.830. The van der Waals surface area contributed by atoms with Gasteiger partial charge in [-0.25, -0.2) is 0 Å². The normalized spacial score (nSPS) is 10.1. The molecule has 0 aliphatic rings. The summed E-state index contributed by atoms with van der Waals surface area (Å²) in [5, 5.41) is 9.45. The largest absolute Gasteiger partial charge is 0.508 e. The van der Waals surface area contributed by atoms with E-state index < -0.39 is 0 Å². The van der Waals surface area contributed by atoms with E-state index in [1.807, 2.05) is 43.3 Å². The fraction of sp³-hybridized carbons (Fsp3) is 0.143. The van der Waals surface area contributed by atoms with Crippen LogP contribution in [0.2, 0.25) is 0 Å². The Morgan fingerprint density at radius 1 is 0.938 bits per heavy atom. The van der Waals surface area contributed by atoms with Crippen molar-refractivity contribution in [2.75, 3.05) is 7.11 Å². The zero-order chi connectivity index (χ0) is 11.5. The molecule has 2 nitrogen and oxygen atoms in total. The van der Waals surface area contributed by atoms with Gasteiger partial charge in [0.05, 0.1) is 7.11 Å². The van der Waals surface area contributed by atoms with E-state index in [1.54, 1.807) is 13.2 Å². The lowest BCUT2D eigenvalue weighted by Gasteiger charge is -2.05. The smallest absolute Gasteiger partial charge is 0.118 e. The molecule has 0 fully saturated rings. The van der Waals surface area contributed by atoms with E-state index in [2.05, 4.69) is 0 Å². The number of rotatable bonds is 2. The second-order valence-corrected chi connectivity index (χ2v) is 3.73. The van der Waals surface area contributed by atoms with Crippen LogP contribution in [0.3, 0.4) is 0 Å². The minimum absolute atomic E-state index is 0.331. The van der Waals surface area contributed by atoms with Crippen LogP contribution in [0.1, 0.15) is 5.56 Å². The third-order valence-electron chi connectivity index (χ3n) is 2.62. The molecule has 82 valence electrons. The Balaban J connectivity index is 2.38. The first-order valence-electron chi connectivity index (χ1n) is 5.15. The number of aromatic hydroxyl groups is 1. The summed E-state index contributed by atoms with van der Waals surface area (Å²) in [6.07, 6.45) is 0. The third kappa shape index (κ3) is 2.01. The molecule has 2 aromatic rings. The van der Waals surface area contributed by atoms with Crippen LogP contribution < -0.4 is 4.74 Å². The maximum Gasteiger partial charge on any atom is 0.118 e. The van der Waals surface area contributed by atoms with Gasteiger partial charge in [-0.2, -0.15) is 0 Å². The highest BCUT2D eigenvalue weighted by molar-refractivity contribution is 5.66. The van der Waals surface area contributed by atoms with E-state index in [-0.39, 0.29) is 0 Å². The molecule has 0 unspecified atom stereocenters. The summed E-state index contributed by atoms with van der Waals surface area (Å²) in [5.41, 5.74) is 3.09. The summed E-state index contributed by atoms with van der Waals surface area (Å²) in [4.78, 5) is 0. The summed E-state index contributed by atoms with van der Waals surface area (Å²) < 4.78 is 5.11. The van der Waals surface area contributed by atoms with Gasteiger partial charge in [-0.3, -0.25) is 0 Å². The lowest BCUT2D eigenvalue weighted by molar-refractivity contribution is 0.415. The van der Waals surface area contributed by atoms with E-state index in [0.29, 0.717) is 5.75 Å². The number of phenols is 1. The number of hydrogen-bond acceptors (Lipinski definition) is 2. The molecule has 2 heteroatoms. The molecule has 2 aromatic carbocycles. The predicted octanol–water partition coefficient (Wildman–Crippen LogP) is 3.38. The summed E-state index contributed by atoms with van der Waals surface area (Å²) in [6, 6.07) is 13.5. The Bertz CT molecular complexity index is 487. The van der Waals surface area contributed by atoms with Gasteiger partial charge in [0.15, 0.2) is 0 Å². The number of phenolic OH excluding ortho intramolecular Hbond substituents is 1. The molecule has 16 heavy (non-hydrogen) atoms. The summed E-state index contributed by atoms with van der Waals surface area (Å²) in [6.45, 7) is 1.89. The fourth-order valence-corrected chi connectivity index (χ4v) is 1.62. The maximum absolute atomic E-state index is 9.45. The van der Waals surface area contributed by atoms with Gasteiger partial charge in [-0.1, -0.05) is 18.2 Å². The predicted molar refractivity (Wildman–Crippen MR) is 64.8 cm³/mol. The topological polar surface area (TPSA) is 29.5 Å². The molecule has 0 amide bonds. The van der Waals surface area contributed by atoms with E-state index in [1.165, 1.54) is 0 Å². The van der Waals surface area contributed by atoms with E-state index in [0.717, 1.165) is 22.4 Å². The van der Waals surface area contributed by atoms with E-state index in [4.69, 9.17) is 4.74 Å². The number of benzene rings is 2. The van der Waals surface area contributed by atoms with Crippen LogP contribution in [0.25, 0.3) is 11.1 Å². The zero-order valence-electron chi connectivity index (χ0n) is 9.40. The van der Waals surface area contributed by atoms with Gasteiger partial charge in [0.25, 0.3) is 0 Å². The molecule has 0 spiro atoms. The molecule has 0 aromatic heterocycles. The van der Waals surface area contributed by atoms with Crippen molar-refractivity contribution in [3.63, 3.8) is 0 Å². The van der Waals surface area contributed by atoms with Crippen LogP contribution in [0, 0.1) is 6.92 Å². The average Bonchev–Trinajstić information content (AvgIpc) is 2.33. The van der Waals surface area contributed by atoms with Crippen molar-refractivity contribution < 1.29 is 9.84 Å². The standard InChI is InChI=1S/C14H14O2/c1-10-9-12(5-8-14(10)15)11-3-6-13(16-2)7-4-11/h3-9,15H,1-2H3. The average molecular weight is 214 g/mol. The van der Waals surface area contributed by atoms with Crippen LogP contribution in [0.4, 0.5) is 0 Å². The lowest BCUT2D eigenvalue weighted by atomic mass is 10.0. The third-order valence-corrected chi connectivity index (χ3v) is 2.62. The summed E-state index contributed by atoms with van der Waals surface area (Å²) >= 11 is 0. The van der Waals surface area contributed by atoms with Crippen molar-refractivity contribution in [1.82, 2.24) is 0 Å². The number of ether oxygens (including phenoxy) is 1. The molecule has 0 heterocycles. The Hall–Kier alpha value is -1.96. The molecule has 0 atom stereocenters. The Morgan fingerprint density at radius 3 is 2.12 bits per heavy atom. The second-order valence-electron chi connectivity index (χ2n) is 3.73. The second kappa shape index (κ2) is 4.27. The number of methoxy groups -OCH3 is 1. The Labute approximate surface area is 95.1 Å². The Morgan fingerprint density at radius 2 is 1.56 bits per heavy atom. The van der Waals surface area contributed by atoms with E-state index in [9.17, 15) is 5.11 Å². The SMILES string of the molecule is COc1ccc(-c2ccc(O)c(C)c2)cc1. The van der Waals surface area contributed by atoms with E-state index >= 15 is 0 Å². The molecule has 1 N–H and O–H groups in total. The highest BCUT2D eigenvalue weighted by Crippen LogP contribution is 2.26. The van der Waals surface area contributed by atoms with Gasteiger partial charge < -0.3 is 9.84 Å². The van der Waals surface area contributed by atoms with Gasteiger partial charge in [0.1, 0.15) is 11.5 Å². The zero-order valence-corrected chi connectivity index (χ0v) is 9.40. The van der Waals surface area contributed by atoms with Gasteiger partial charge in [-0.15, -0.1) is 0 Å². The lowest BCUT2D eigenvalue weighted by Crippen LogP contribution is -1.83. The number of aryl methyl sites for hydroxylation is 1. The van der Waals surface area contributed by atoms with Crippen LogP contribution >= 0.6 is 0 Å². The van der Waals surface area contributed by atoms with Crippen molar-refractivity contribution in [1.29, 1.82) is 0 Å². The minimum Gasteiger partial charge on any atom is -0.508 e. The van der Waals surface area contributed by atoms with Crippen molar-refractivity contribution in [2.24, 2.45) is 0 Å². The number of hydrogen-bond donors (Lipinski definition) is 1. The van der Waals surface area contributed by atoms with Crippen molar-refractivity contribution in [2.45, 2.75) is 6.92 Å². The highest BCUT2D eigenvalue weighted by Gasteiger charge is 2.01. The van der Waals surface area contributed by atoms with Crippen LogP contribution in [0.5, 0.6) is 11.5 Å². The van der Waals surface area contributed by atoms with Gasteiger partial charge in [0.2, 0.25) is 0 Å². The molecule has 0 saturated carbocycles. The van der Waals surface area contributed by atoms with Crippen molar-refractivity contribution in [3.05, 3.63) is 48.0 Å². The van der Waals surface area contributed by atoms with Crippen LogP contribution in [-0.4, -0.2) is 12.2 Å². The molecule has 2 rings (SSSR count). The first kappa shape index (κ1) is 10.6. The summed E-state index contributed by atoms with van der Waals surface area (Å²) in [5.74, 6) is 1.18.